The van der Waals surface area contributed by atoms with E-state index in [9.17, 15) is 9.90 Å². The largest absolute Gasteiger partial charge is 0.393 e. The minimum atomic E-state index is -0.371. The predicted octanol–water partition coefficient (Wildman–Crippen LogP) is 2.52. The lowest BCUT2D eigenvalue weighted by Gasteiger charge is -2.14. The minimum absolute atomic E-state index is 0.214. The summed E-state index contributed by atoms with van der Waals surface area (Å²) in [5.41, 5.74) is 1.87. The molecule has 0 radical (unpaired) electrons. The number of carbonyl (C=O) groups excluding carboxylic acids is 1. The Morgan fingerprint density at radius 2 is 2.11 bits per heavy atom. The summed E-state index contributed by atoms with van der Waals surface area (Å²) >= 11 is 0. The molecule has 1 aromatic carbocycles. The summed E-state index contributed by atoms with van der Waals surface area (Å²) in [6.45, 7) is 6.36. The van der Waals surface area contributed by atoms with Crippen LogP contribution in [0.4, 0.5) is 10.5 Å². The molecule has 0 fully saturated rings. The Morgan fingerprint density at radius 1 is 1.39 bits per heavy atom. The second kappa shape index (κ2) is 7.01. The van der Waals surface area contributed by atoms with Crippen LogP contribution in [0.25, 0.3) is 0 Å². The molecule has 0 heterocycles. The fourth-order valence-corrected chi connectivity index (χ4v) is 1.57. The molecule has 1 aromatic rings. The Kier molecular flexibility index (Phi) is 5.65. The number of rotatable bonds is 5. The monoisotopic (exact) mass is 250 g/mol. The molecule has 0 saturated heterocycles. The highest BCUT2D eigenvalue weighted by Crippen LogP contribution is 2.09. The zero-order chi connectivity index (χ0) is 13.5. The van der Waals surface area contributed by atoms with Crippen LogP contribution in [0.5, 0.6) is 0 Å². The fourth-order valence-electron chi connectivity index (χ4n) is 1.57. The first-order chi connectivity index (χ1) is 8.49. The van der Waals surface area contributed by atoms with Crippen LogP contribution in [-0.4, -0.2) is 23.8 Å². The Morgan fingerprint density at radius 3 is 2.72 bits per heavy atom. The van der Waals surface area contributed by atoms with Crippen LogP contribution in [0.15, 0.2) is 24.3 Å². The van der Waals surface area contributed by atoms with Crippen molar-refractivity contribution in [1.82, 2.24) is 5.32 Å². The summed E-state index contributed by atoms with van der Waals surface area (Å²) in [6, 6.07) is 7.38. The van der Waals surface area contributed by atoms with Gasteiger partial charge in [0.25, 0.3) is 0 Å². The van der Waals surface area contributed by atoms with Gasteiger partial charge in [0.15, 0.2) is 0 Å². The SMILES string of the molecule is Cc1cccc(NC(=O)NCCC(O)C(C)C)c1. The van der Waals surface area contributed by atoms with E-state index < -0.39 is 0 Å². The van der Waals surface area contributed by atoms with Crippen LogP contribution in [-0.2, 0) is 0 Å². The van der Waals surface area contributed by atoms with Gasteiger partial charge >= 0.3 is 6.03 Å². The molecule has 0 aromatic heterocycles. The van der Waals surface area contributed by atoms with Crippen molar-refractivity contribution >= 4 is 11.7 Å². The molecular weight excluding hydrogens is 228 g/mol. The van der Waals surface area contributed by atoms with E-state index in [-0.39, 0.29) is 18.1 Å². The number of anilines is 1. The normalized spacial score (nSPS) is 12.3. The highest BCUT2D eigenvalue weighted by atomic mass is 16.3. The highest BCUT2D eigenvalue weighted by molar-refractivity contribution is 5.89. The molecule has 100 valence electrons. The van der Waals surface area contributed by atoms with Crippen LogP contribution < -0.4 is 10.6 Å². The van der Waals surface area contributed by atoms with Crippen LogP contribution in [0.2, 0.25) is 0 Å². The van der Waals surface area contributed by atoms with E-state index in [4.69, 9.17) is 0 Å². The van der Waals surface area contributed by atoms with Crippen LogP contribution >= 0.6 is 0 Å². The lowest BCUT2D eigenvalue weighted by atomic mass is 10.0. The molecule has 0 spiro atoms. The quantitative estimate of drug-likeness (QED) is 0.752. The lowest BCUT2D eigenvalue weighted by Crippen LogP contribution is -2.32. The number of benzene rings is 1. The van der Waals surface area contributed by atoms with Crippen molar-refractivity contribution in [2.24, 2.45) is 5.92 Å². The average molecular weight is 250 g/mol. The minimum Gasteiger partial charge on any atom is -0.393 e. The fraction of sp³-hybridized carbons (Fsp3) is 0.500. The molecule has 4 heteroatoms. The van der Waals surface area contributed by atoms with Crippen LogP contribution in [0.3, 0.4) is 0 Å². The van der Waals surface area contributed by atoms with Gasteiger partial charge in [0.2, 0.25) is 0 Å². The van der Waals surface area contributed by atoms with Gasteiger partial charge in [0.1, 0.15) is 0 Å². The van der Waals surface area contributed by atoms with Crippen molar-refractivity contribution < 1.29 is 9.90 Å². The van der Waals surface area contributed by atoms with Gasteiger partial charge in [-0.1, -0.05) is 26.0 Å². The second-order valence-corrected chi connectivity index (χ2v) is 4.85. The molecule has 2 amide bonds. The van der Waals surface area contributed by atoms with Crippen molar-refractivity contribution in [3.8, 4) is 0 Å². The molecule has 18 heavy (non-hydrogen) atoms. The lowest BCUT2D eigenvalue weighted by molar-refractivity contribution is 0.117. The summed E-state index contributed by atoms with van der Waals surface area (Å²) in [7, 11) is 0. The van der Waals surface area contributed by atoms with Gasteiger partial charge in [-0.3, -0.25) is 0 Å². The number of amides is 2. The predicted molar refractivity (Wildman–Crippen MR) is 73.7 cm³/mol. The summed E-state index contributed by atoms with van der Waals surface area (Å²) in [5, 5.41) is 15.1. The Labute approximate surface area is 108 Å². The number of hydrogen-bond acceptors (Lipinski definition) is 2. The third kappa shape index (κ3) is 5.19. The maximum Gasteiger partial charge on any atom is 0.319 e. The van der Waals surface area contributed by atoms with E-state index >= 15 is 0 Å². The van der Waals surface area contributed by atoms with E-state index in [0.29, 0.717) is 13.0 Å². The first-order valence-electron chi connectivity index (χ1n) is 6.28. The number of aliphatic hydroxyl groups is 1. The number of aryl methyl sites for hydroxylation is 1. The molecule has 0 bridgehead atoms. The molecule has 0 saturated carbocycles. The standard InChI is InChI=1S/C14H22N2O2/c1-10(2)13(17)7-8-15-14(18)16-12-6-4-5-11(3)9-12/h4-6,9-10,13,17H,7-8H2,1-3H3,(H2,15,16,18). The second-order valence-electron chi connectivity index (χ2n) is 4.85. The van der Waals surface area contributed by atoms with Crippen molar-refractivity contribution in [3.05, 3.63) is 29.8 Å². The zero-order valence-electron chi connectivity index (χ0n) is 11.2. The summed E-state index contributed by atoms with van der Waals surface area (Å²) in [4.78, 5) is 11.6. The Balaban J connectivity index is 2.30. The molecule has 3 N–H and O–H groups in total. The maximum absolute atomic E-state index is 11.6. The number of aliphatic hydroxyl groups excluding tert-OH is 1. The molecule has 4 nitrogen and oxygen atoms in total. The molecule has 1 atom stereocenters. The smallest absolute Gasteiger partial charge is 0.319 e. The van der Waals surface area contributed by atoms with Crippen molar-refractivity contribution in [3.63, 3.8) is 0 Å². The topological polar surface area (TPSA) is 61.4 Å². The number of carbonyl (C=O) groups is 1. The average Bonchev–Trinajstić information content (AvgIpc) is 2.28. The summed E-state index contributed by atoms with van der Waals surface area (Å²) in [5.74, 6) is 0.214. The third-order valence-electron chi connectivity index (χ3n) is 2.77. The van der Waals surface area contributed by atoms with Crippen molar-refractivity contribution in [2.45, 2.75) is 33.3 Å². The molecule has 1 unspecified atom stereocenters. The van der Waals surface area contributed by atoms with Gasteiger partial charge in [0, 0.05) is 12.2 Å². The van der Waals surface area contributed by atoms with E-state index in [1.807, 2.05) is 45.0 Å². The molecule has 1 rings (SSSR count). The highest BCUT2D eigenvalue weighted by Gasteiger charge is 2.09. The van der Waals surface area contributed by atoms with Gasteiger partial charge in [0.05, 0.1) is 6.10 Å². The van der Waals surface area contributed by atoms with Crippen LogP contribution in [0, 0.1) is 12.8 Å². The zero-order valence-corrected chi connectivity index (χ0v) is 11.2. The van der Waals surface area contributed by atoms with Crippen molar-refractivity contribution in [2.75, 3.05) is 11.9 Å². The first kappa shape index (κ1) is 14.5. The Hall–Kier alpha value is -1.55. The third-order valence-corrected chi connectivity index (χ3v) is 2.77. The van der Waals surface area contributed by atoms with Gasteiger partial charge in [-0.2, -0.15) is 0 Å². The molecule has 0 aliphatic carbocycles. The van der Waals surface area contributed by atoms with Crippen molar-refractivity contribution in [1.29, 1.82) is 0 Å². The Bertz CT molecular complexity index is 391. The van der Waals surface area contributed by atoms with E-state index in [1.165, 1.54) is 0 Å². The van der Waals surface area contributed by atoms with Gasteiger partial charge < -0.3 is 15.7 Å². The number of hydrogen-bond donors (Lipinski definition) is 3. The maximum atomic E-state index is 11.6. The molecular formula is C14H22N2O2. The van der Waals surface area contributed by atoms with Gasteiger partial charge in [-0.05, 0) is 37.0 Å². The van der Waals surface area contributed by atoms with E-state index in [1.54, 1.807) is 0 Å². The number of nitrogens with one attached hydrogen (secondary N) is 2. The summed E-state index contributed by atoms with van der Waals surface area (Å²) < 4.78 is 0. The van der Waals surface area contributed by atoms with E-state index in [2.05, 4.69) is 10.6 Å². The van der Waals surface area contributed by atoms with Gasteiger partial charge in [-0.15, -0.1) is 0 Å². The van der Waals surface area contributed by atoms with Crippen LogP contribution in [0.1, 0.15) is 25.8 Å². The first-order valence-corrected chi connectivity index (χ1v) is 6.28. The number of urea groups is 1. The molecule has 0 aliphatic rings. The molecule has 0 aliphatic heterocycles. The summed E-state index contributed by atoms with van der Waals surface area (Å²) in [6.07, 6.45) is 0.197. The van der Waals surface area contributed by atoms with E-state index in [0.717, 1.165) is 11.3 Å². The van der Waals surface area contributed by atoms with Gasteiger partial charge in [-0.25, -0.2) is 4.79 Å².